The molecule has 0 saturated carbocycles. The van der Waals surface area contributed by atoms with Gasteiger partial charge in [0.25, 0.3) is 0 Å². The number of hydrogen-bond acceptors (Lipinski definition) is 1. The van der Waals surface area contributed by atoms with Crippen molar-refractivity contribution in [2.75, 3.05) is 0 Å². The van der Waals surface area contributed by atoms with Crippen LogP contribution < -0.4 is 0 Å². The van der Waals surface area contributed by atoms with E-state index in [0.717, 1.165) is 0 Å². The number of benzene rings is 7. The minimum Gasteiger partial charge on any atom is -0.309 e. The highest BCUT2D eigenvalue weighted by Gasteiger charge is 2.18. The van der Waals surface area contributed by atoms with Crippen molar-refractivity contribution in [3.8, 4) is 27.9 Å². The summed E-state index contributed by atoms with van der Waals surface area (Å²) in [6.45, 7) is 0. The van der Waals surface area contributed by atoms with Crippen molar-refractivity contribution in [2.45, 2.75) is 0 Å². The molecule has 0 saturated heterocycles. The van der Waals surface area contributed by atoms with E-state index in [1.54, 1.807) is 0 Å². The fourth-order valence-corrected chi connectivity index (χ4v) is 7.79. The normalized spacial score (nSPS) is 11.8. The SMILES string of the molecule is c1ccc(-c2ccc3c(c2)c2c4c(ccc2n3-c2ccc(-c3cccc5ccccc35)cc2)sc2ccccc24)cc1. The second-order valence-corrected chi connectivity index (χ2v) is 12.0. The quantitative estimate of drug-likeness (QED) is 0.206. The Morgan fingerprint density at radius 1 is 0.405 bits per heavy atom. The first-order chi connectivity index (χ1) is 20.8. The van der Waals surface area contributed by atoms with Crippen LogP contribution in [0, 0.1) is 0 Å². The zero-order valence-electron chi connectivity index (χ0n) is 22.8. The van der Waals surface area contributed by atoms with Gasteiger partial charge < -0.3 is 4.57 Å². The van der Waals surface area contributed by atoms with Crippen LogP contribution in [-0.2, 0) is 0 Å². The fraction of sp³-hybridized carbons (Fsp3) is 0. The molecular weight excluding hydrogens is 527 g/mol. The molecule has 0 radical (unpaired) electrons. The summed E-state index contributed by atoms with van der Waals surface area (Å²) in [5.41, 5.74) is 8.61. The maximum Gasteiger partial charge on any atom is 0.0548 e. The van der Waals surface area contributed by atoms with Gasteiger partial charge in [-0.25, -0.2) is 0 Å². The smallest absolute Gasteiger partial charge is 0.0548 e. The summed E-state index contributed by atoms with van der Waals surface area (Å²) in [6.07, 6.45) is 0. The Labute approximate surface area is 247 Å². The Kier molecular flexibility index (Phi) is 5.13. The molecule has 0 aliphatic carbocycles. The van der Waals surface area contributed by atoms with Gasteiger partial charge in [-0.05, 0) is 75.5 Å². The predicted octanol–water partition coefficient (Wildman–Crippen LogP) is 11.6. The molecule has 42 heavy (non-hydrogen) atoms. The molecule has 0 spiro atoms. The van der Waals surface area contributed by atoms with Gasteiger partial charge >= 0.3 is 0 Å². The summed E-state index contributed by atoms with van der Waals surface area (Å²) in [5, 5.41) is 7.86. The van der Waals surface area contributed by atoms with E-state index in [-0.39, 0.29) is 0 Å². The van der Waals surface area contributed by atoms with Crippen molar-refractivity contribution in [3.63, 3.8) is 0 Å². The van der Waals surface area contributed by atoms with Gasteiger partial charge in [0.2, 0.25) is 0 Å². The number of nitrogens with zero attached hydrogens (tertiary/aromatic N) is 1. The molecular formula is C40H25NS. The predicted molar refractivity (Wildman–Crippen MR) is 182 cm³/mol. The minimum absolute atomic E-state index is 1.17. The first-order valence-electron chi connectivity index (χ1n) is 14.4. The van der Waals surface area contributed by atoms with E-state index in [9.17, 15) is 0 Å². The van der Waals surface area contributed by atoms with Crippen LogP contribution in [0.1, 0.15) is 0 Å². The molecule has 0 aliphatic heterocycles. The zero-order valence-corrected chi connectivity index (χ0v) is 23.6. The molecule has 0 atom stereocenters. The third-order valence-electron chi connectivity index (χ3n) is 8.60. The van der Waals surface area contributed by atoms with Gasteiger partial charge in [-0.1, -0.05) is 109 Å². The average Bonchev–Trinajstić information content (AvgIpc) is 3.60. The van der Waals surface area contributed by atoms with Gasteiger partial charge in [0.15, 0.2) is 0 Å². The highest BCUT2D eigenvalue weighted by molar-refractivity contribution is 7.26. The van der Waals surface area contributed by atoms with Gasteiger partial charge in [-0.15, -0.1) is 11.3 Å². The van der Waals surface area contributed by atoms with Crippen LogP contribution in [0.3, 0.4) is 0 Å². The van der Waals surface area contributed by atoms with Crippen LogP contribution in [0.2, 0.25) is 0 Å². The van der Waals surface area contributed by atoms with E-state index in [1.807, 2.05) is 11.3 Å². The van der Waals surface area contributed by atoms with Crippen molar-refractivity contribution < 1.29 is 0 Å². The molecule has 1 nitrogen and oxygen atoms in total. The number of hydrogen-bond donors (Lipinski definition) is 0. The number of aromatic nitrogens is 1. The van der Waals surface area contributed by atoms with Gasteiger partial charge in [0.05, 0.1) is 11.0 Å². The first-order valence-corrected chi connectivity index (χ1v) is 15.2. The first kappa shape index (κ1) is 23.5. The van der Waals surface area contributed by atoms with Crippen LogP contribution in [0.4, 0.5) is 0 Å². The lowest BCUT2D eigenvalue weighted by Gasteiger charge is -2.11. The summed E-state index contributed by atoms with van der Waals surface area (Å²) in [4.78, 5) is 0. The van der Waals surface area contributed by atoms with Crippen LogP contribution in [0.25, 0.3) is 80.7 Å². The molecule has 0 aliphatic rings. The van der Waals surface area contributed by atoms with E-state index in [4.69, 9.17) is 0 Å². The average molecular weight is 552 g/mol. The molecule has 9 aromatic rings. The molecule has 0 N–H and O–H groups in total. The standard InChI is InChI=1S/C40H25NS/c1-2-9-26(10-3-1)29-19-22-35-34(25-29)39-36(23-24-38-40(39)33-14-6-7-16-37(33)42-38)41(35)30-20-17-28(18-21-30)32-15-8-12-27-11-4-5-13-31(27)32/h1-25H. The second kappa shape index (κ2) is 9.17. The van der Waals surface area contributed by atoms with Crippen LogP contribution in [0.5, 0.6) is 0 Å². The van der Waals surface area contributed by atoms with E-state index in [1.165, 1.54) is 80.7 Å². The van der Waals surface area contributed by atoms with Crippen molar-refractivity contribution in [1.82, 2.24) is 4.57 Å². The Balaban J connectivity index is 1.32. The van der Waals surface area contributed by atoms with Crippen molar-refractivity contribution in [1.29, 1.82) is 0 Å². The fourth-order valence-electron chi connectivity index (χ4n) is 6.68. The van der Waals surface area contributed by atoms with Crippen LogP contribution in [-0.4, -0.2) is 4.57 Å². The lowest BCUT2D eigenvalue weighted by Crippen LogP contribution is -1.94. The molecule has 0 bridgehead atoms. The lowest BCUT2D eigenvalue weighted by atomic mass is 9.98. The van der Waals surface area contributed by atoms with Gasteiger partial charge in [-0.2, -0.15) is 0 Å². The number of thiophene rings is 1. The molecule has 0 amide bonds. The summed E-state index contributed by atoms with van der Waals surface area (Å²) >= 11 is 1.88. The zero-order chi connectivity index (χ0) is 27.6. The number of fused-ring (bicyclic) bond motifs is 8. The van der Waals surface area contributed by atoms with E-state index in [0.29, 0.717) is 0 Å². The molecule has 196 valence electrons. The molecule has 0 fully saturated rings. The van der Waals surface area contributed by atoms with E-state index in [2.05, 4.69) is 156 Å². The van der Waals surface area contributed by atoms with Gasteiger partial charge in [0, 0.05) is 36.6 Å². The van der Waals surface area contributed by atoms with Crippen molar-refractivity contribution >= 4 is 64.1 Å². The summed E-state index contributed by atoms with van der Waals surface area (Å²) < 4.78 is 5.11. The van der Waals surface area contributed by atoms with Crippen molar-refractivity contribution in [2.24, 2.45) is 0 Å². The molecule has 7 aromatic carbocycles. The monoisotopic (exact) mass is 551 g/mol. The molecule has 0 unspecified atom stereocenters. The van der Waals surface area contributed by atoms with E-state index < -0.39 is 0 Å². The van der Waals surface area contributed by atoms with Crippen LogP contribution >= 0.6 is 11.3 Å². The Bertz CT molecular complexity index is 2440. The maximum atomic E-state index is 2.44. The minimum atomic E-state index is 1.17. The van der Waals surface area contributed by atoms with Gasteiger partial charge in [-0.3, -0.25) is 0 Å². The molecule has 2 heterocycles. The molecule has 2 heteroatoms. The lowest BCUT2D eigenvalue weighted by molar-refractivity contribution is 1.18. The van der Waals surface area contributed by atoms with Crippen molar-refractivity contribution in [3.05, 3.63) is 152 Å². The van der Waals surface area contributed by atoms with Crippen LogP contribution in [0.15, 0.2) is 152 Å². The number of rotatable bonds is 3. The highest BCUT2D eigenvalue weighted by Crippen LogP contribution is 2.44. The summed E-state index contributed by atoms with van der Waals surface area (Å²) in [7, 11) is 0. The second-order valence-electron chi connectivity index (χ2n) is 10.9. The Morgan fingerprint density at radius 3 is 2.00 bits per heavy atom. The Morgan fingerprint density at radius 2 is 1.12 bits per heavy atom. The third-order valence-corrected chi connectivity index (χ3v) is 9.74. The maximum absolute atomic E-state index is 2.44. The summed E-state index contributed by atoms with van der Waals surface area (Å²) in [6, 6.07) is 55.4. The Hall–Kier alpha value is -5.18. The largest absolute Gasteiger partial charge is 0.309 e. The highest BCUT2D eigenvalue weighted by atomic mass is 32.1. The van der Waals surface area contributed by atoms with E-state index >= 15 is 0 Å². The topological polar surface area (TPSA) is 4.93 Å². The molecule has 2 aromatic heterocycles. The third kappa shape index (κ3) is 3.49. The molecule has 9 rings (SSSR count). The summed E-state index contributed by atoms with van der Waals surface area (Å²) in [5.74, 6) is 0. The van der Waals surface area contributed by atoms with Gasteiger partial charge in [0.1, 0.15) is 0 Å².